The van der Waals surface area contributed by atoms with Crippen LogP contribution in [0.3, 0.4) is 0 Å². The van der Waals surface area contributed by atoms with Crippen molar-refractivity contribution in [1.29, 1.82) is 0 Å². The summed E-state index contributed by atoms with van der Waals surface area (Å²) < 4.78 is 13.1. The highest BCUT2D eigenvalue weighted by Crippen LogP contribution is 2.23. The number of halogens is 2. The molecule has 0 radical (unpaired) electrons. The van der Waals surface area contributed by atoms with E-state index in [1.807, 2.05) is 6.92 Å². The van der Waals surface area contributed by atoms with E-state index in [1.54, 1.807) is 6.07 Å². The Morgan fingerprint density at radius 2 is 2.00 bits per heavy atom. The average Bonchev–Trinajstić information content (AvgIpc) is 2.26. The van der Waals surface area contributed by atoms with Gasteiger partial charge in [-0.3, -0.25) is 0 Å². The van der Waals surface area contributed by atoms with E-state index in [1.165, 1.54) is 12.1 Å². The molecular weight excluding hydrogens is 243 g/mol. The van der Waals surface area contributed by atoms with Gasteiger partial charge in [-0.05, 0) is 24.6 Å². The molecule has 5 heteroatoms. The molecule has 1 aromatic heterocycles. The molecule has 1 heterocycles. The zero-order valence-corrected chi connectivity index (χ0v) is 9.87. The summed E-state index contributed by atoms with van der Waals surface area (Å²) in [5.74, 6) is -0.396. The monoisotopic (exact) mass is 252 g/mol. The summed E-state index contributed by atoms with van der Waals surface area (Å²) in [6.45, 7) is 1.94. The third kappa shape index (κ3) is 2.71. The van der Waals surface area contributed by atoms with Crippen LogP contribution in [0.1, 0.15) is 12.6 Å². The van der Waals surface area contributed by atoms with Crippen LogP contribution in [-0.2, 0) is 6.42 Å². The van der Waals surface area contributed by atoms with Crippen LogP contribution < -0.4 is 0 Å². The summed E-state index contributed by atoms with van der Waals surface area (Å²) in [5, 5.41) is 9.62. The first-order valence-corrected chi connectivity index (χ1v) is 5.49. The van der Waals surface area contributed by atoms with Crippen molar-refractivity contribution in [2.24, 2.45) is 0 Å². The lowest BCUT2D eigenvalue weighted by Crippen LogP contribution is -1.95. The maximum absolute atomic E-state index is 13.1. The Bertz CT molecular complexity index is 540. The van der Waals surface area contributed by atoms with Gasteiger partial charge in [0.25, 0.3) is 0 Å². The lowest BCUT2D eigenvalue weighted by molar-refractivity contribution is 0.469. The molecule has 17 heavy (non-hydrogen) atoms. The van der Waals surface area contributed by atoms with E-state index >= 15 is 0 Å². The highest BCUT2D eigenvalue weighted by atomic mass is 35.5. The summed E-state index contributed by atoms with van der Waals surface area (Å²) in [5.41, 5.74) is 1.17. The van der Waals surface area contributed by atoms with Gasteiger partial charge in [0, 0.05) is 17.3 Å². The number of aryl methyl sites for hydroxylation is 1. The molecule has 2 aromatic rings. The Kier molecular flexibility index (Phi) is 3.24. The molecule has 0 atom stereocenters. The second-order valence-electron chi connectivity index (χ2n) is 3.56. The predicted octanol–water partition coefficient (Wildman–Crippen LogP) is 3.20. The summed E-state index contributed by atoms with van der Waals surface area (Å²) in [7, 11) is 0. The van der Waals surface area contributed by atoms with Gasteiger partial charge in [-0.25, -0.2) is 14.4 Å². The van der Waals surface area contributed by atoms with Crippen molar-refractivity contribution >= 4 is 11.6 Å². The predicted molar refractivity (Wildman–Crippen MR) is 63.5 cm³/mol. The van der Waals surface area contributed by atoms with Gasteiger partial charge in [-0.1, -0.05) is 18.5 Å². The van der Waals surface area contributed by atoms with Crippen LogP contribution in [-0.4, -0.2) is 15.1 Å². The average molecular weight is 253 g/mol. The first-order valence-electron chi connectivity index (χ1n) is 5.12. The van der Waals surface area contributed by atoms with Crippen LogP contribution in [0.2, 0.25) is 5.15 Å². The minimum atomic E-state index is -0.540. The summed E-state index contributed by atoms with van der Waals surface area (Å²) in [6.07, 6.45) is 0.705. The minimum Gasteiger partial charge on any atom is -0.508 e. The molecule has 0 saturated carbocycles. The Balaban J connectivity index is 2.55. The molecule has 0 fully saturated rings. The number of hydrogen-bond acceptors (Lipinski definition) is 3. The molecule has 0 saturated heterocycles. The quantitative estimate of drug-likeness (QED) is 0.835. The molecule has 0 aliphatic carbocycles. The van der Waals surface area contributed by atoms with Crippen LogP contribution in [0, 0.1) is 5.82 Å². The Hall–Kier alpha value is -1.68. The molecule has 0 aliphatic rings. The topological polar surface area (TPSA) is 46.0 Å². The first kappa shape index (κ1) is 11.8. The minimum absolute atomic E-state index is 0.165. The van der Waals surface area contributed by atoms with Crippen molar-refractivity contribution in [2.45, 2.75) is 13.3 Å². The Morgan fingerprint density at radius 3 is 2.65 bits per heavy atom. The molecule has 0 aliphatic heterocycles. The number of rotatable bonds is 2. The number of phenolic OH excluding ortho intramolecular Hbond substituents is 1. The second kappa shape index (κ2) is 4.67. The molecule has 1 N–H and O–H groups in total. The third-order valence-electron chi connectivity index (χ3n) is 2.25. The lowest BCUT2D eigenvalue weighted by Gasteiger charge is -2.04. The Labute approximate surface area is 103 Å². The lowest BCUT2D eigenvalue weighted by atomic mass is 10.2. The van der Waals surface area contributed by atoms with Crippen LogP contribution in [0.25, 0.3) is 11.4 Å². The van der Waals surface area contributed by atoms with Crippen molar-refractivity contribution in [3.05, 3.63) is 40.9 Å². The van der Waals surface area contributed by atoms with Crippen LogP contribution in [0.4, 0.5) is 4.39 Å². The molecule has 0 amide bonds. The van der Waals surface area contributed by atoms with E-state index in [2.05, 4.69) is 9.97 Å². The molecular formula is C12H10ClFN2O. The standard InChI is InChI=1S/C12H10ClFN2O/c1-2-9-6-11(13)16-12(15-9)7-3-8(14)5-10(17)4-7/h3-6,17H,2H2,1H3. The van der Waals surface area contributed by atoms with Crippen molar-refractivity contribution in [3.63, 3.8) is 0 Å². The van der Waals surface area contributed by atoms with Crippen molar-refractivity contribution in [1.82, 2.24) is 9.97 Å². The fraction of sp³-hybridized carbons (Fsp3) is 0.167. The zero-order valence-electron chi connectivity index (χ0n) is 9.11. The molecule has 1 aromatic carbocycles. The number of aromatic nitrogens is 2. The highest BCUT2D eigenvalue weighted by Gasteiger charge is 2.08. The van der Waals surface area contributed by atoms with E-state index in [9.17, 15) is 9.50 Å². The molecule has 3 nitrogen and oxygen atoms in total. The van der Waals surface area contributed by atoms with E-state index in [0.717, 1.165) is 11.8 Å². The van der Waals surface area contributed by atoms with Crippen LogP contribution in [0.5, 0.6) is 5.75 Å². The molecule has 0 bridgehead atoms. The highest BCUT2D eigenvalue weighted by molar-refractivity contribution is 6.29. The first-order chi connectivity index (χ1) is 8.08. The fourth-order valence-corrected chi connectivity index (χ4v) is 1.68. The normalized spacial score (nSPS) is 10.5. The van der Waals surface area contributed by atoms with Gasteiger partial charge in [0.15, 0.2) is 5.82 Å². The zero-order chi connectivity index (χ0) is 12.4. The number of benzene rings is 1. The number of hydrogen-bond donors (Lipinski definition) is 1. The smallest absolute Gasteiger partial charge is 0.161 e. The van der Waals surface area contributed by atoms with Crippen LogP contribution in [0.15, 0.2) is 24.3 Å². The maximum Gasteiger partial charge on any atom is 0.161 e. The van der Waals surface area contributed by atoms with E-state index in [4.69, 9.17) is 11.6 Å². The van der Waals surface area contributed by atoms with Crippen molar-refractivity contribution in [2.75, 3.05) is 0 Å². The summed E-state index contributed by atoms with van der Waals surface area (Å²) in [6, 6.07) is 5.33. The van der Waals surface area contributed by atoms with Gasteiger partial charge in [-0.15, -0.1) is 0 Å². The van der Waals surface area contributed by atoms with E-state index < -0.39 is 5.82 Å². The van der Waals surface area contributed by atoms with Crippen molar-refractivity contribution in [3.8, 4) is 17.1 Å². The van der Waals surface area contributed by atoms with Gasteiger partial charge in [0.1, 0.15) is 16.7 Å². The van der Waals surface area contributed by atoms with Crippen molar-refractivity contribution < 1.29 is 9.50 Å². The SMILES string of the molecule is CCc1cc(Cl)nc(-c2cc(O)cc(F)c2)n1. The van der Waals surface area contributed by atoms with E-state index in [0.29, 0.717) is 23.0 Å². The van der Waals surface area contributed by atoms with Crippen LogP contribution >= 0.6 is 11.6 Å². The molecule has 0 spiro atoms. The number of aromatic hydroxyl groups is 1. The van der Waals surface area contributed by atoms with E-state index in [-0.39, 0.29) is 5.75 Å². The third-order valence-corrected chi connectivity index (χ3v) is 2.44. The fourth-order valence-electron chi connectivity index (χ4n) is 1.48. The van der Waals surface area contributed by atoms with Gasteiger partial charge in [-0.2, -0.15) is 0 Å². The van der Waals surface area contributed by atoms with Gasteiger partial charge < -0.3 is 5.11 Å². The molecule has 2 rings (SSSR count). The maximum atomic E-state index is 13.1. The molecule has 0 unspecified atom stereocenters. The summed E-state index contributed by atoms with van der Waals surface area (Å²) in [4.78, 5) is 8.24. The van der Waals surface area contributed by atoms with Gasteiger partial charge in [0.05, 0.1) is 0 Å². The number of nitrogens with zero attached hydrogens (tertiary/aromatic N) is 2. The van der Waals surface area contributed by atoms with Gasteiger partial charge in [0.2, 0.25) is 0 Å². The molecule has 88 valence electrons. The second-order valence-corrected chi connectivity index (χ2v) is 3.94. The number of phenols is 1. The summed E-state index contributed by atoms with van der Waals surface area (Å²) >= 11 is 5.85. The Morgan fingerprint density at radius 1 is 1.24 bits per heavy atom. The van der Waals surface area contributed by atoms with Gasteiger partial charge >= 0.3 is 0 Å². The largest absolute Gasteiger partial charge is 0.508 e.